The highest BCUT2D eigenvalue weighted by atomic mass is 16.5. The number of likely N-dealkylation sites (tertiary alicyclic amines) is 1. The van der Waals surface area contributed by atoms with E-state index in [0.29, 0.717) is 18.0 Å². The molecule has 24 heavy (non-hydrogen) atoms. The quantitative estimate of drug-likeness (QED) is 0.809. The van der Waals surface area contributed by atoms with Crippen LogP contribution < -0.4 is 14.8 Å². The first-order chi connectivity index (χ1) is 11.6. The van der Waals surface area contributed by atoms with Gasteiger partial charge in [0.15, 0.2) is 11.5 Å². The van der Waals surface area contributed by atoms with Crippen LogP contribution in [0.15, 0.2) is 18.2 Å². The number of anilines is 1. The molecule has 1 aliphatic rings. The minimum Gasteiger partial charge on any atom is -0.493 e. The van der Waals surface area contributed by atoms with E-state index in [-0.39, 0.29) is 6.61 Å². The molecule has 0 spiro atoms. The molecule has 130 valence electrons. The van der Waals surface area contributed by atoms with E-state index in [1.165, 1.54) is 6.42 Å². The van der Waals surface area contributed by atoms with E-state index in [2.05, 4.69) is 15.2 Å². The molecule has 0 radical (unpaired) electrons. The second-order valence-electron chi connectivity index (χ2n) is 6.21. The number of methoxy groups -OCH3 is 1. The third kappa shape index (κ3) is 3.55. The SMILES string of the molecule is CNc1cc(C)c2cc(OC)c(OCC(O)CN3CCC3)cc2n1. The molecule has 0 amide bonds. The molecule has 0 bridgehead atoms. The highest BCUT2D eigenvalue weighted by Gasteiger charge is 2.19. The van der Waals surface area contributed by atoms with Crippen LogP contribution in [-0.4, -0.2) is 61.5 Å². The lowest BCUT2D eigenvalue weighted by molar-refractivity contribution is 0.0460. The summed E-state index contributed by atoms with van der Waals surface area (Å²) in [5.41, 5.74) is 1.96. The summed E-state index contributed by atoms with van der Waals surface area (Å²) < 4.78 is 11.3. The molecular formula is C18H25N3O3. The molecule has 0 aliphatic carbocycles. The first-order valence-corrected chi connectivity index (χ1v) is 8.31. The van der Waals surface area contributed by atoms with Crippen LogP contribution in [-0.2, 0) is 0 Å². The zero-order chi connectivity index (χ0) is 17.1. The van der Waals surface area contributed by atoms with Crippen LogP contribution in [0.25, 0.3) is 10.9 Å². The van der Waals surface area contributed by atoms with Crippen molar-refractivity contribution in [2.24, 2.45) is 0 Å². The van der Waals surface area contributed by atoms with Gasteiger partial charge in [-0.2, -0.15) is 0 Å². The van der Waals surface area contributed by atoms with Crippen molar-refractivity contribution in [3.63, 3.8) is 0 Å². The second-order valence-corrected chi connectivity index (χ2v) is 6.21. The van der Waals surface area contributed by atoms with E-state index in [1.807, 2.05) is 32.2 Å². The van der Waals surface area contributed by atoms with Crippen molar-refractivity contribution < 1.29 is 14.6 Å². The molecular weight excluding hydrogens is 306 g/mol. The van der Waals surface area contributed by atoms with E-state index in [1.54, 1.807) is 7.11 Å². The van der Waals surface area contributed by atoms with Gasteiger partial charge in [0, 0.05) is 25.0 Å². The monoisotopic (exact) mass is 331 g/mol. The van der Waals surface area contributed by atoms with Crippen molar-refractivity contribution >= 4 is 16.7 Å². The number of pyridine rings is 1. The van der Waals surface area contributed by atoms with E-state index in [0.717, 1.165) is 35.4 Å². The molecule has 1 aromatic heterocycles. The Bertz CT molecular complexity index is 716. The largest absolute Gasteiger partial charge is 0.493 e. The van der Waals surface area contributed by atoms with E-state index in [9.17, 15) is 5.11 Å². The lowest BCUT2D eigenvalue weighted by atomic mass is 10.1. The molecule has 1 unspecified atom stereocenters. The van der Waals surface area contributed by atoms with Gasteiger partial charge in [-0.05, 0) is 44.1 Å². The van der Waals surface area contributed by atoms with E-state index in [4.69, 9.17) is 9.47 Å². The summed E-state index contributed by atoms with van der Waals surface area (Å²) in [6, 6.07) is 5.81. The molecule has 6 nitrogen and oxygen atoms in total. The maximum Gasteiger partial charge on any atom is 0.163 e. The fraction of sp³-hybridized carbons (Fsp3) is 0.500. The van der Waals surface area contributed by atoms with Crippen LogP contribution in [0.1, 0.15) is 12.0 Å². The van der Waals surface area contributed by atoms with Gasteiger partial charge in [-0.1, -0.05) is 0 Å². The Morgan fingerprint density at radius 1 is 1.29 bits per heavy atom. The van der Waals surface area contributed by atoms with Gasteiger partial charge in [0.1, 0.15) is 18.5 Å². The van der Waals surface area contributed by atoms with Gasteiger partial charge in [0.05, 0.1) is 12.6 Å². The summed E-state index contributed by atoms with van der Waals surface area (Å²) in [5, 5.41) is 14.2. The molecule has 3 rings (SSSR count). The Balaban J connectivity index is 1.80. The summed E-state index contributed by atoms with van der Waals surface area (Å²) in [6.45, 7) is 5.06. The Kier molecular flexibility index (Phi) is 5.06. The van der Waals surface area contributed by atoms with Gasteiger partial charge in [-0.25, -0.2) is 4.98 Å². The molecule has 0 saturated carbocycles. The van der Waals surface area contributed by atoms with Gasteiger partial charge < -0.3 is 24.8 Å². The van der Waals surface area contributed by atoms with Crippen molar-refractivity contribution in [1.29, 1.82) is 0 Å². The van der Waals surface area contributed by atoms with Crippen LogP contribution in [0, 0.1) is 6.92 Å². The lowest BCUT2D eigenvalue weighted by Crippen LogP contribution is -2.43. The van der Waals surface area contributed by atoms with Crippen molar-refractivity contribution in [3.05, 3.63) is 23.8 Å². The minimum absolute atomic E-state index is 0.239. The van der Waals surface area contributed by atoms with Gasteiger partial charge in [-0.15, -0.1) is 0 Å². The van der Waals surface area contributed by atoms with Crippen LogP contribution in [0.5, 0.6) is 11.5 Å². The van der Waals surface area contributed by atoms with Gasteiger partial charge in [0.25, 0.3) is 0 Å². The standard InChI is InChI=1S/C18H25N3O3/c1-12-7-18(19-2)20-15-9-17(16(23-3)8-14(12)15)24-11-13(22)10-21-5-4-6-21/h7-9,13,22H,4-6,10-11H2,1-3H3,(H,19,20). The van der Waals surface area contributed by atoms with Gasteiger partial charge in [-0.3, -0.25) is 0 Å². The summed E-state index contributed by atoms with van der Waals surface area (Å²) in [6.07, 6.45) is 0.703. The van der Waals surface area contributed by atoms with E-state index >= 15 is 0 Å². The third-order valence-corrected chi connectivity index (χ3v) is 4.41. The van der Waals surface area contributed by atoms with Crippen molar-refractivity contribution in [2.45, 2.75) is 19.4 Å². The number of aliphatic hydroxyl groups excluding tert-OH is 1. The molecule has 1 saturated heterocycles. The third-order valence-electron chi connectivity index (χ3n) is 4.41. The van der Waals surface area contributed by atoms with Crippen molar-refractivity contribution in [3.8, 4) is 11.5 Å². The van der Waals surface area contributed by atoms with Gasteiger partial charge in [0.2, 0.25) is 0 Å². The Labute approximate surface area is 142 Å². The second kappa shape index (κ2) is 7.23. The number of ether oxygens (including phenoxy) is 2. The molecule has 1 aliphatic heterocycles. The number of hydrogen-bond donors (Lipinski definition) is 2. The fourth-order valence-corrected chi connectivity index (χ4v) is 2.90. The molecule has 1 atom stereocenters. The van der Waals surface area contributed by atoms with Crippen molar-refractivity contribution in [2.75, 3.05) is 45.7 Å². The lowest BCUT2D eigenvalue weighted by Gasteiger charge is -2.32. The highest BCUT2D eigenvalue weighted by molar-refractivity contribution is 5.87. The minimum atomic E-state index is -0.510. The molecule has 6 heteroatoms. The maximum atomic E-state index is 10.1. The number of β-amino-alcohol motifs (C(OH)–C–C–N with tert-alkyl or cyclic N) is 1. The number of aliphatic hydroxyl groups is 1. The Hall–Kier alpha value is -2.05. The summed E-state index contributed by atoms with van der Waals surface area (Å²) in [5.74, 6) is 2.07. The van der Waals surface area contributed by atoms with Crippen molar-refractivity contribution in [1.82, 2.24) is 9.88 Å². The number of aromatic nitrogens is 1. The number of hydrogen-bond acceptors (Lipinski definition) is 6. The number of rotatable bonds is 7. The van der Waals surface area contributed by atoms with E-state index < -0.39 is 6.10 Å². The fourth-order valence-electron chi connectivity index (χ4n) is 2.90. The molecule has 1 aromatic carbocycles. The molecule has 2 heterocycles. The first-order valence-electron chi connectivity index (χ1n) is 8.31. The molecule has 2 aromatic rings. The smallest absolute Gasteiger partial charge is 0.163 e. The molecule has 2 N–H and O–H groups in total. The van der Waals surface area contributed by atoms with Crippen LogP contribution in [0.2, 0.25) is 0 Å². The zero-order valence-electron chi connectivity index (χ0n) is 14.5. The molecule has 1 fully saturated rings. The number of nitrogens with zero attached hydrogens (tertiary/aromatic N) is 2. The van der Waals surface area contributed by atoms with Crippen LogP contribution in [0.3, 0.4) is 0 Å². The predicted octanol–water partition coefficient (Wildman–Crippen LogP) is 2.04. The summed E-state index contributed by atoms with van der Waals surface area (Å²) >= 11 is 0. The average molecular weight is 331 g/mol. The maximum absolute atomic E-state index is 10.1. The van der Waals surface area contributed by atoms with Gasteiger partial charge >= 0.3 is 0 Å². The summed E-state index contributed by atoms with van der Waals surface area (Å²) in [4.78, 5) is 6.79. The van der Waals surface area contributed by atoms with Crippen LogP contribution >= 0.6 is 0 Å². The number of fused-ring (bicyclic) bond motifs is 1. The first kappa shape index (κ1) is 16.8. The highest BCUT2D eigenvalue weighted by Crippen LogP contribution is 2.34. The predicted molar refractivity (Wildman–Crippen MR) is 95.1 cm³/mol. The number of nitrogens with one attached hydrogen (secondary N) is 1. The topological polar surface area (TPSA) is 66.8 Å². The Morgan fingerprint density at radius 3 is 2.71 bits per heavy atom. The zero-order valence-corrected chi connectivity index (χ0v) is 14.5. The normalized spacial score (nSPS) is 15.8. The summed E-state index contributed by atoms with van der Waals surface area (Å²) in [7, 11) is 3.47. The Morgan fingerprint density at radius 2 is 2.08 bits per heavy atom. The average Bonchev–Trinajstić information content (AvgIpc) is 2.55. The van der Waals surface area contributed by atoms with Crippen LogP contribution in [0.4, 0.5) is 5.82 Å². The number of benzene rings is 1. The number of aryl methyl sites for hydroxylation is 1.